The van der Waals surface area contributed by atoms with Crippen LogP contribution in [0.25, 0.3) is 10.9 Å². The predicted molar refractivity (Wildman–Crippen MR) is 95.6 cm³/mol. The monoisotopic (exact) mass is 329 g/mol. The number of carbonyl (C=O) groups excluding carboxylic acids is 1. The summed E-state index contributed by atoms with van der Waals surface area (Å²) in [6.07, 6.45) is 5.54. The van der Waals surface area contributed by atoms with Gasteiger partial charge in [0.25, 0.3) is 0 Å². The van der Waals surface area contributed by atoms with Crippen LogP contribution >= 0.6 is 0 Å². The molecule has 1 atom stereocenters. The fourth-order valence-corrected chi connectivity index (χ4v) is 3.75. The summed E-state index contributed by atoms with van der Waals surface area (Å²) in [5.74, 6) is 0.339. The number of aryl methyl sites for hydroxylation is 1. The highest BCUT2D eigenvalue weighted by Gasteiger charge is 2.20. The van der Waals surface area contributed by atoms with Gasteiger partial charge in [-0.25, -0.2) is 0 Å². The van der Waals surface area contributed by atoms with E-state index in [-0.39, 0.29) is 5.91 Å². The minimum Gasteiger partial charge on any atom is -0.387 e. The predicted octanol–water partition coefficient (Wildman–Crippen LogP) is 1.89. The number of hydrogen-bond donors (Lipinski definition) is 2. The Hall–Kier alpha value is -1.85. The normalized spacial score (nSPS) is 18.8. The third-order valence-corrected chi connectivity index (χ3v) is 5.03. The van der Waals surface area contributed by atoms with E-state index in [4.69, 9.17) is 5.11 Å². The van der Waals surface area contributed by atoms with Crippen LogP contribution in [-0.2, 0) is 18.4 Å². The molecule has 5 heteroatoms. The average molecular weight is 329 g/mol. The van der Waals surface area contributed by atoms with Gasteiger partial charge in [-0.15, -0.1) is 0 Å². The van der Waals surface area contributed by atoms with Crippen molar-refractivity contribution in [3.05, 3.63) is 36.0 Å². The summed E-state index contributed by atoms with van der Waals surface area (Å²) in [5.41, 5.74) is 2.68. The molecule has 5 nitrogen and oxygen atoms in total. The van der Waals surface area contributed by atoms with Crippen LogP contribution in [0.2, 0.25) is 0 Å². The number of carbonyl (C=O) groups is 1. The third-order valence-electron chi connectivity index (χ3n) is 5.03. The van der Waals surface area contributed by atoms with Gasteiger partial charge < -0.3 is 15.0 Å². The van der Waals surface area contributed by atoms with Gasteiger partial charge >= 0.3 is 0 Å². The number of aliphatic hydroxyl groups excluding tert-OH is 1. The van der Waals surface area contributed by atoms with Gasteiger partial charge in [0.2, 0.25) is 5.91 Å². The Morgan fingerprint density at radius 2 is 2.25 bits per heavy atom. The summed E-state index contributed by atoms with van der Waals surface area (Å²) in [6, 6.07) is 8.75. The molecule has 2 N–H and O–H groups in total. The molecule has 1 aromatic heterocycles. The van der Waals surface area contributed by atoms with E-state index in [0.29, 0.717) is 12.5 Å². The Bertz CT molecular complexity index is 695. The smallest absolute Gasteiger partial charge is 0.245 e. The highest BCUT2D eigenvalue weighted by Crippen LogP contribution is 2.24. The minimum absolute atomic E-state index is 0.279. The number of hydrogen-bond acceptors (Lipinski definition) is 3. The molecule has 1 fully saturated rings. The highest BCUT2D eigenvalue weighted by atomic mass is 16.3. The lowest BCUT2D eigenvalue weighted by atomic mass is 9.94. The number of nitrogens with one attached hydrogen (secondary N) is 1. The van der Waals surface area contributed by atoms with Crippen molar-refractivity contribution in [1.29, 1.82) is 0 Å². The van der Waals surface area contributed by atoms with E-state index in [9.17, 15) is 4.79 Å². The van der Waals surface area contributed by atoms with Crippen molar-refractivity contribution >= 4 is 16.8 Å². The summed E-state index contributed by atoms with van der Waals surface area (Å²) >= 11 is 0. The van der Waals surface area contributed by atoms with Crippen LogP contribution in [0.5, 0.6) is 0 Å². The first kappa shape index (κ1) is 17.0. The third kappa shape index (κ3) is 3.97. The van der Waals surface area contributed by atoms with E-state index >= 15 is 0 Å². The second-order valence-electron chi connectivity index (χ2n) is 6.82. The lowest BCUT2D eigenvalue weighted by molar-refractivity contribution is -0.123. The molecule has 0 radical (unpaired) electrons. The molecule has 0 saturated carbocycles. The highest BCUT2D eigenvalue weighted by molar-refractivity contribution is 5.83. The number of aliphatic hydroxyl groups is 1. The zero-order chi connectivity index (χ0) is 16.9. The van der Waals surface area contributed by atoms with Crippen LogP contribution in [0.15, 0.2) is 30.5 Å². The standard InChI is InChI=1S/C19H27N3O2/c1-21-11-8-17-16(5-2-6-18(17)21)13-22-10-3-4-15(12-22)7-9-20-19(24)14-23/h2,5-6,8,11,15,23H,3-4,7,9-10,12-14H2,1H3,(H,20,24). The summed E-state index contributed by atoms with van der Waals surface area (Å²) in [6.45, 7) is 3.45. The van der Waals surface area contributed by atoms with Gasteiger partial charge in [-0.1, -0.05) is 12.1 Å². The number of fused-ring (bicyclic) bond motifs is 1. The van der Waals surface area contributed by atoms with Crippen molar-refractivity contribution in [2.75, 3.05) is 26.2 Å². The molecule has 1 saturated heterocycles. The first-order chi connectivity index (χ1) is 11.7. The second-order valence-corrected chi connectivity index (χ2v) is 6.82. The van der Waals surface area contributed by atoms with E-state index in [1.165, 1.54) is 29.3 Å². The van der Waals surface area contributed by atoms with E-state index in [1.807, 2.05) is 0 Å². The van der Waals surface area contributed by atoms with Crippen molar-refractivity contribution in [2.24, 2.45) is 13.0 Å². The number of amides is 1. The molecule has 24 heavy (non-hydrogen) atoms. The SMILES string of the molecule is Cn1ccc2c(CN3CCCC(CCNC(=O)CO)C3)cccc21. The van der Waals surface area contributed by atoms with Crippen molar-refractivity contribution in [3.63, 3.8) is 0 Å². The molecule has 1 unspecified atom stereocenters. The first-order valence-electron chi connectivity index (χ1n) is 8.80. The van der Waals surface area contributed by atoms with Gasteiger partial charge in [-0.3, -0.25) is 9.69 Å². The van der Waals surface area contributed by atoms with Crippen LogP contribution in [0.4, 0.5) is 0 Å². The van der Waals surface area contributed by atoms with Crippen molar-refractivity contribution in [3.8, 4) is 0 Å². The Morgan fingerprint density at radius 1 is 1.38 bits per heavy atom. The first-order valence-corrected chi connectivity index (χ1v) is 8.80. The van der Waals surface area contributed by atoms with Crippen LogP contribution in [0.1, 0.15) is 24.8 Å². The molecular formula is C19H27N3O2. The molecule has 1 aliphatic heterocycles. The molecule has 2 aromatic rings. The maximum absolute atomic E-state index is 11.1. The maximum Gasteiger partial charge on any atom is 0.245 e. The molecule has 3 rings (SSSR count). The lowest BCUT2D eigenvalue weighted by Crippen LogP contribution is -2.37. The summed E-state index contributed by atoms with van der Waals surface area (Å²) < 4.78 is 2.17. The molecule has 130 valence electrons. The van der Waals surface area contributed by atoms with Crippen molar-refractivity contribution in [2.45, 2.75) is 25.8 Å². The van der Waals surface area contributed by atoms with Crippen LogP contribution in [0, 0.1) is 5.92 Å². The Balaban J connectivity index is 1.57. The molecule has 0 aliphatic carbocycles. The maximum atomic E-state index is 11.1. The van der Waals surface area contributed by atoms with E-state index < -0.39 is 6.61 Å². The number of nitrogens with zero attached hydrogens (tertiary/aromatic N) is 2. The number of piperidine rings is 1. The van der Waals surface area contributed by atoms with Crippen molar-refractivity contribution in [1.82, 2.24) is 14.8 Å². The van der Waals surface area contributed by atoms with Crippen LogP contribution in [0.3, 0.4) is 0 Å². The molecule has 0 spiro atoms. The van der Waals surface area contributed by atoms with Gasteiger partial charge in [0, 0.05) is 43.8 Å². The Kier molecular flexibility index (Phi) is 5.53. The molecule has 1 amide bonds. The quantitative estimate of drug-likeness (QED) is 0.851. The zero-order valence-electron chi connectivity index (χ0n) is 14.4. The van der Waals surface area contributed by atoms with E-state index in [2.05, 4.69) is 52.3 Å². The molecule has 2 heterocycles. The Morgan fingerprint density at radius 3 is 3.08 bits per heavy atom. The largest absolute Gasteiger partial charge is 0.387 e. The molecule has 0 bridgehead atoms. The summed E-state index contributed by atoms with van der Waals surface area (Å²) in [7, 11) is 2.09. The number of benzene rings is 1. The van der Waals surface area contributed by atoms with E-state index in [0.717, 1.165) is 26.1 Å². The van der Waals surface area contributed by atoms with Gasteiger partial charge in [-0.2, -0.15) is 0 Å². The van der Waals surface area contributed by atoms with Gasteiger partial charge in [0.1, 0.15) is 6.61 Å². The summed E-state index contributed by atoms with van der Waals surface area (Å²) in [4.78, 5) is 13.6. The number of aromatic nitrogens is 1. The van der Waals surface area contributed by atoms with E-state index in [1.54, 1.807) is 0 Å². The average Bonchev–Trinajstić information content (AvgIpc) is 2.97. The number of likely N-dealkylation sites (tertiary alicyclic amines) is 1. The van der Waals surface area contributed by atoms with Crippen LogP contribution < -0.4 is 5.32 Å². The summed E-state index contributed by atoms with van der Waals surface area (Å²) in [5, 5.41) is 12.8. The van der Waals surface area contributed by atoms with Gasteiger partial charge in [0.05, 0.1) is 0 Å². The van der Waals surface area contributed by atoms with Gasteiger partial charge in [-0.05, 0) is 49.4 Å². The lowest BCUT2D eigenvalue weighted by Gasteiger charge is -2.33. The second kappa shape index (κ2) is 7.81. The fraction of sp³-hybridized carbons (Fsp3) is 0.526. The Labute approximate surface area is 143 Å². The molecule has 1 aromatic carbocycles. The molecule has 1 aliphatic rings. The van der Waals surface area contributed by atoms with Crippen molar-refractivity contribution < 1.29 is 9.90 Å². The zero-order valence-corrected chi connectivity index (χ0v) is 14.4. The topological polar surface area (TPSA) is 57.5 Å². The molecular weight excluding hydrogens is 302 g/mol. The van der Waals surface area contributed by atoms with Gasteiger partial charge in [0.15, 0.2) is 0 Å². The fourth-order valence-electron chi connectivity index (χ4n) is 3.75. The number of rotatable bonds is 6. The minimum atomic E-state index is -0.419. The van der Waals surface area contributed by atoms with Crippen LogP contribution in [-0.4, -0.2) is 46.7 Å².